The molecule has 0 atom stereocenters. The normalized spacial score (nSPS) is 10.7. The predicted octanol–water partition coefficient (Wildman–Crippen LogP) is 5.70. The number of benzene rings is 3. The molecule has 1 N–H and O–H groups in total. The van der Waals surface area contributed by atoms with Crippen LogP contribution < -0.4 is 10.1 Å². The summed E-state index contributed by atoms with van der Waals surface area (Å²) in [5.74, 6) is 0.205. The molecule has 30 heavy (non-hydrogen) atoms. The van der Waals surface area contributed by atoms with Gasteiger partial charge in [0.1, 0.15) is 11.3 Å². The molecular formula is C25H21NO4. The molecule has 0 aliphatic carbocycles. The van der Waals surface area contributed by atoms with Crippen LogP contribution in [0.2, 0.25) is 0 Å². The third-order valence-corrected chi connectivity index (χ3v) is 4.67. The first-order valence-electron chi connectivity index (χ1n) is 9.83. The molecule has 0 unspecified atom stereocenters. The zero-order chi connectivity index (χ0) is 20.9. The Hall–Kier alpha value is -3.86. The molecule has 1 aromatic heterocycles. The minimum absolute atomic E-state index is 0.110. The van der Waals surface area contributed by atoms with Gasteiger partial charge in [0.15, 0.2) is 5.76 Å². The Morgan fingerprint density at radius 3 is 2.30 bits per heavy atom. The molecule has 0 radical (unpaired) electrons. The predicted molar refractivity (Wildman–Crippen MR) is 116 cm³/mol. The van der Waals surface area contributed by atoms with Crippen molar-refractivity contribution >= 4 is 28.3 Å². The highest BCUT2D eigenvalue weighted by molar-refractivity contribution is 6.18. The van der Waals surface area contributed by atoms with E-state index in [1.54, 1.807) is 54.6 Å². The Labute approximate surface area is 174 Å². The van der Waals surface area contributed by atoms with Gasteiger partial charge in [-0.25, -0.2) is 0 Å². The number of ether oxygens (including phenoxy) is 1. The number of carbonyl (C=O) groups excluding carboxylic acids is 2. The SMILES string of the molecule is CCCOc1ccc(C(=O)Nc2c(C(=O)c3ccccc3)oc3ccccc23)cc1. The second-order valence-electron chi connectivity index (χ2n) is 6.82. The maximum Gasteiger partial charge on any atom is 0.255 e. The molecule has 0 aliphatic heterocycles. The summed E-state index contributed by atoms with van der Waals surface area (Å²) in [4.78, 5) is 25.9. The molecule has 3 aromatic carbocycles. The zero-order valence-electron chi connectivity index (χ0n) is 16.6. The molecule has 0 saturated heterocycles. The number of para-hydroxylation sites is 1. The first kappa shape index (κ1) is 19.5. The van der Waals surface area contributed by atoms with Crippen molar-refractivity contribution in [1.82, 2.24) is 0 Å². The van der Waals surface area contributed by atoms with Crippen molar-refractivity contribution in [2.75, 3.05) is 11.9 Å². The number of furan rings is 1. The first-order valence-corrected chi connectivity index (χ1v) is 9.83. The molecule has 4 aromatic rings. The van der Waals surface area contributed by atoms with Crippen LogP contribution in [0.1, 0.15) is 39.8 Å². The maximum atomic E-state index is 13.0. The Kier molecular flexibility index (Phi) is 5.61. The van der Waals surface area contributed by atoms with Crippen molar-refractivity contribution < 1.29 is 18.7 Å². The van der Waals surface area contributed by atoms with Crippen LogP contribution in [0.5, 0.6) is 5.75 Å². The lowest BCUT2D eigenvalue weighted by Crippen LogP contribution is -2.14. The third-order valence-electron chi connectivity index (χ3n) is 4.67. The van der Waals surface area contributed by atoms with Gasteiger partial charge in [0.05, 0.1) is 12.3 Å². The van der Waals surface area contributed by atoms with E-state index in [2.05, 4.69) is 5.32 Å². The number of ketones is 1. The molecule has 1 heterocycles. The lowest BCUT2D eigenvalue weighted by molar-refractivity contribution is 0.101. The number of hydrogen-bond donors (Lipinski definition) is 1. The summed E-state index contributed by atoms with van der Waals surface area (Å²) in [5, 5.41) is 3.54. The summed E-state index contributed by atoms with van der Waals surface area (Å²) in [7, 11) is 0. The topological polar surface area (TPSA) is 68.5 Å². The quantitative estimate of drug-likeness (QED) is 0.405. The van der Waals surface area contributed by atoms with Gasteiger partial charge >= 0.3 is 0 Å². The van der Waals surface area contributed by atoms with Crippen molar-refractivity contribution in [3.05, 3.63) is 95.7 Å². The standard InChI is InChI=1S/C25H21NO4/c1-2-16-29-19-14-12-18(13-15-19)25(28)26-22-20-10-6-7-11-21(20)30-24(22)23(27)17-8-4-3-5-9-17/h3-15H,2,16H2,1H3,(H,26,28). The van der Waals surface area contributed by atoms with Crippen LogP contribution in [0.3, 0.4) is 0 Å². The van der Waals surface area contributed by atoms with Crippen LogP contribution in [0.15, 0.2) is 83.3 Å². The van der Waals surface area contributed by atoms with E-state index in [0.717, 1.165) is 6.42 Å². The van der Waals surface area contributed by atoms with E-state index in [9.17, 15) is 9.59 Å². The molecular weight excluding hydrogens is 378 g/mol. The molecule has 0 saturated carbocycles. The lowest BCUT2D eigenvalue weighted by atomic mass is 10.1. The van der Waals surface area contributed by atoms with E-state index in [-0.39, 0.29) is 17.5 Å². The number of amides is 1. The molecule has 150 valence electrons. The fourth-order valence-corrected chi connectivity index (χ4v) is 3.16. The van der Waals surface area contributed by atoms with Crippen LogP contribution in [0.25, 0.3) is 11.0 Å². The second kappa shape index (κ2) is 8.66. The summed E-state index contributed by atoms with van der Waals surface area (Å²) in [6.07, 6.45) is 0.911. The summed E-state index contributed by atoms with van der Waals surface area (Å²) in [5.41, 5.74) is 1.86. The summed E-state index contributed by atoms with van der Waals surface area (Å²) >= 11 is 0. The zero-order valence-corrected chi connectivity index (χ0v) is 16.6. The minimum atomic E-state index is -0.328. The van der Waals surface area contributed by atoms with Crippen LogP contribution >= 0.6 is 0 Å². The summed E-state index contributed by atoms with van der Waals surface area (Å²) in [6, 6.07) is 23.0. The molecule has 0 fully saturated rings. The molecule has 5 nitrogen and oxygen atoms in total. The number of anilines is 1. The van der Waals surface area contributed by atoms with Crippen molar-refractivity contribution in [3.63, 3.8) is 0 Å². The van der Waals surface area contributed by atoms with Gasteiger partial charge in [0, 0.05) is 16.5 Å². The molecule has 4 rings (SSSR count). The summed E-state index contributed by atoms with van der Waals surface area (Å²) < 4.78 is 11.4. The maximum absolute atomic E-state index is 13.0. The van der Waals surface area contributed by atoms with E-state index in [1.807, 2.05) is 31.2 Å². The number of rotatable bonds is 7. The van der Waals surface area contributed by atoms with Gasteiger partial charge in [-0.3, -0.25) is 9.59 Å². The molecule has 5 heteroatoms. The Morgan fingerprint density at radius 2 is 1.57 bits per heavy atom. The number of nitrogens with one attached hydrogen (secondary N) is 1. The van der Waals surface area contributed by atoms with E-state index in [0.29, 0.717) is 40.1 Å². The second-order valence-corrected chi connectivity index (χ2v) is 6.82. The highest BCUT2D eigenvalue weighted by Crippen LogP contribution is 2.33. The summed E-state index contributed by atoms with van der Waals surface area (Å²) in [6.45, 7) is 2.66. The van der Waals surface area contributed by atoms with Crippen molar-refractivity contribution in [2.24, 2.45) is 0 Å². The average molecular weight is 399 g/mol. The molecule has 0 spiro atoms. The van der Waals surface area contributed by atoms with Gasteiger partial charge in [0.2, 0.25) is 5.78 Å². The largest absolute Gasteiger partial charge is 0.494 e. The Morgan fingerprint density at radius 1 is 0.867 bits per heavy atom. The fourth-order valence-electron chi connectivity index (χ4n) is 3.16. The smallest absolute Gasteiger partial charge is 0.255 e. The molecule has 1 amide bonds. The Bertz CT molecular complexity index is 1180. The van der Waals surface area contributed by atoms with Gasteiger partial charge in [-0.05, 0) is 42.8 Å². The van der Waals surface area contributed by atoms with E-state index in [4.69, 9.17) is 9.15 Å². The van der Waals surface area contributed by atoms with Gasteiger partial charge in [0.25, 0.3) is 5.91 Å². The van der Waals surface area contributed by atoms with Crippen LogP contribution in [-0.2, 0) is 0 Å². The lowest BCUT2D eigenvalue weighted by Gasteiger charge is -2.08. The highest BCUT2D eigenvalue weighted by Gasteiger charge is 2.23. The van der Waals surface area contributed by atoms with Gasteiger partial charge in [-0.2, -0.15) is 0 Å². The highest BCUT2D eigenvalue weighted by atomic mass is 16.5. The Balaban J connectivity index is 1.66. The third kappa shape index (κ3) is 3.96. The number of fused-ring (bicyclic) bond motifs is 1. The minimum Gasteiger partial charge on any atom is -0.494 e. The van der Waals surface area contributed by atoms with Crippen molar-refractivity contribution in [3.8, 4) is 5.75 Å². The van der Waals surface area contributed by atoms with Crippen molar-refractivity contribution in [2.45, 2.75) is 13.3 Å². The van der Waals surface area contributed by atoms with Gasteiger partial charge in [-0.1, -0.05) is 49.4 Å². The fraction of sp³-hybridized carbons (Fsp3) is 0.120. The van der Waals surface area contributed by atoms with Crippen LogP contribution in [0, 0.1) is 0 Å². The van der Waals surface area contributed by atoms with Crippen molar-refractivity contribution in [1.29, 1.82) is 0 Å². The molecule has 0 aliphatic rings. The monoisotopic (exact) mass is 399 g/mol. The van der Waals surface area contributed by atoms with E-state index < -0.39 is 0 Å². The van der Waals surface area contributed by atoms with E-state index >= 15 is 0 Å². The average Bonchev–Trinajstić information content (AvgIpc) is 3.16. The van der Waals surface area contributed by atoms with Crippen LogP contribution in [0.4, 0.5) is 5.69 Å². The number of carbonyl (C=O) groups is 2. The van der Waals surface area contributed by atoms with Crippen LogP contribution in [-0.4, -0.2) is 18.3 Å². The van der Waals surface area contributed by atoms with Gasteiger partial charge < -0.3 is 14.5 Å². The van der Waals surface area contributed by atoms with Gasteiger partial charge in [-0.15, -0.1) is 0 Å². The molecule has 0 bridgehead atoms. The first-order chi connectivity index (χ1) is 14.7. The number of hydrogen-bond acceptors (Lipinski definition) is 4. The van der Waals surface area contributed by atoms with E-state index in [1.165, 1.54) is 0 Å².